The van der Waals surface area contributed by atoms with Crippen molar-refractivity contribution in [1.82, 2.24) is 15.3 Å². The molecule has 0 radical (unpaired) electrons. The lowest BCUT2D eigenvalue weighted by Gasteiger charge is -2.25. The predicted molar refractivity (Wildman–Crippen MR) is 99.4 cm³/mol. The first-order valence-electron chi connectivity index (χ1n) is 9.73. The van der Waals surface area contributed by atoms with Gasteiger partial charge in [-0.15, -0.1) is 0 Å². The number of aliphatic hydroxyl groups excluding tert-OH is 2. The van der Waals surface area contributed by atoms with Gasteiger partial charge in [0, 0.05) is 48.5 Å². The molecule has 2 saturated carbocycles. The Balaban J connectivity index is 1.48. The molecule has 0 saturated heterocycles. The van der Waals surface area contributed by atoms with Gasteiger partial charge in [-0.05, 0) is 43.7 Å². The summed E-state index contributed by atoms with van der Waals surface area (Å²) in [5.74, 6) is 0.995. The summed E-state index contributed by atoms with van der Waals surface area (Å²) in [5, 5.41) is 23.6. The summed E-state index contributed by atoms with van der Waals surface area (Å²) in [7, 11) is 0. The number of aromatic nitrogens is 2. The van der Waals surface area contributed by atoms with E-state index in [1.54, 1.807) is 18.3 Å². The molecule has 2 aromatic rings. The highest BCUT2D eigenvalue weighted by atomic mass is 19.1. The van der Waals surface area contributed by atoms with Crippen LogP contribution < -0.4 is 5.32 Å². The first-order valence-corrected chi connectivity index (χ1v) is 9.73. The average molecular weight is 371 g/mol. The normalized spacial score (nSPS) is 27.8. The van der Waals surface area contributed by atoms with Crippen molar-refractivity contribution in [1.29, 1.82) is 0 Å². The molecule has 0 bridgehead atoms. The Morgan fingerprint density at radius 3 is 2.70 bits per heavy atom. The van der Waals surface area contributed by atoms with E-state index < -0.39 is 6.10 Å². The van der Waals surface area contributed by atoms with Crippen LogP contribution in [0.15, 0.2) is 36.5 Å². The van der Waals surface area contributed by atoms with E-state index in [1.165, 1.54) is 6.07 Å². The standard InChI is InChI=1S/C21H26FN3O2/c22-18-4-2-1-3-14(18)11-24-19-10-20(27)17(12-26)16(19)9-15-7-8-23-21(25-15)13-5-6-13/h1-4,7-8,13,16-17,19-20,24,26-27H,5-6,9-12H2/t16-,17-,19-,20-/m1/s1. The fourth-order valence-electron chi connectivity index (χ4n) is 4.17. The smallest absolute Gasteiger partial charge is 0.131 e. The molecule has 5 nitrogen and oxygen atoms in total. The second kappa shape index (κ2) is 8.00. The molecule has 0 spiro atoms. The number of halogens is 1. The Hall–Kier alpha value is -1.89. The molecule has 2 fully saturated rings. The third-order valence-corrected chi connectivity index (χ3v) is 5.90. The number of hydrogen-bond acceptors (Lipinski definition) is 5. The summed E-state index contributed by atoms with van der Waals surface area (Å²) in [6.07, 6.45) is 4.75. The van der Waals surface area contributed by atoms with Crippen LogP contribution in [0.25, 0.3) is 0 Å². The van der Waals surface area contributed by atoms with E-state index >= 15 is 0 Å². The van der Waals surface area contributed by atoms with Crippen molar-refractivity contribution in [2.45, 2.75) is 50.3 Å². The van der Waals surface area contributed by atoms with Gasteiger partial charge >= 0.3 is 0 Å². The molecule has 2 aliphatic rings. The van der Waals surface area contributed by atoms with Gasteiger partial charge in [0.15, 0.2) is 0 Å². The quantitative estimate of drug-likeness (QED) is 0.695. The molecule has 1 heterocycles. The van der Waals surface area contributed by atoms with E-state index in [0.29, 0.717) is 30.9 Å². The molecule has 1 aromatic carbocycles. The van der Waals surface area contributed by atoms with Gasteiger partial charge in [0.05, 0.1) is 6.10 Å². The maximum absolute atomic E-state index is 13.9. The number of benzene rings is 1. The Bertz CT molecular complexity index is 784. The molecule has 4 atom stereocenters. The second-order valence-electron chi connectivity index (χ2n) is 7.78. The van der Waals surface area contributed by atoms with Gasteiger partial charge in [0.1, 0.15) is 11.6 Å². The van der Waals surface area contributed by atoms with Crippen molar-refractivity contribution in [3.63, 3.8) is 0 Å². The molecule has 3 N–H and O–H groups in total. The van der Waals surface area contributed by atoms with E-state index in [9.17, 15) is 14.6 Å². The summed E-state index contributed by atoms with van der Waals surface area (Å²) in [6.45, 7) is 0.333. The highest BCUT2D eigenvalue weighted by molar-refractivity contribution is 5.17. The molecule has 0 unspecified atom stereocenters. The number of aliphatic hydroxyl groups is 2. The largest absolute Gasteiger partial charge is 0.396 e. The summed E-state index contributed by atoms with van der Waals surface area (Å²) in [5.41, 5.74) is 1.55. The van der Waals surface area contributed by atoms with Crippen molar-refractivity contribution in [3.8, 4) is 0 Å². The molecule has 0 aliphatic heterocycles. The van der Waals surface area contributed by atoms with E-state index in [1.807, 2.05) is 12.1 Å². The van der Waals surface area contributed by atoms with Crippen molar-refractivity contribution >= 4 is 0 Å². The van der Waals surface area contributed by atoms with Gasteiger partial charge in [-0.25, -0.2) is 14.4 Å². The van der Waals surface area contributed by atoms with Crippen LogP contribution in [0.4, 0.5) is 4.39 Å². The SMILES string of the molecule is OC[C@@H]1[C@@H](Cc2ccnc(C3CC3)n2)[C@H](NCc2ccccc2F)C[C@H]1O. The third kappa shape index (κ3) is 4.18. The summed E-state index contributed by atoms with van der Waals surface area (Å²) in [4.78, 5) is 9.06. The van der Waals surface area contributed by atoms with Crippen LogP contribution in [0.1, 0.15) is 42.3 Å². The van der Waals surface area contributed by atoms with Crippen molar-refractivity contribution < 1.29 is 14.6 Å². The molecule has 2 aliphatic carbocycles. The first kappa shape index (κ1) is 18.5. The number of hydrogen-bond donors (Lipinski definition) is 3. The van der Waals surface area contributed by atoms with Crippen molar-refractivity contribution in [2.75, 3.05) is 6.61 Å². The zero-order valence-corrected chi connectivity index (χ0v) is 15.3. The molecule has 0 amide bonds. The fourth-order valence-corrected chi connectivity index (χ4v) is 4.17. The van der Waals surface area contributed by atoms with Gasteiger partial charge in [0.25, 0.3) is 0 Å². The predicted octanol–water partition coefficient (Wildman–Crippen LogP) is 2.18. The fraction of sp³-hybridized carbons (Fsp3) is 0.524. The maximum atomic E-state index is 13.9. The monoisotopic (exact) mass is 371 g/mol. The van der Waals surface area contributed by atoms with Crippen LogP contribution in [0.3, 0.4) is 0 Å². The lowest BCUT2D eigenvalue weighted by atomic mass is 9.88. The van der Waals surface area contributed by atoms with Gasteiger partial charge in [-0.2, -0.15) is 0 Å². The molecule has 6 heteroatoms. The summed E-state index contributed by atoms with van der Waals surface area (Å²) in [6, 6.07) is 8.62. The number of nitrogens with zero attached hydrogens (tertiary/aromatic N) is 2. The van der Waals surface area contributed by atoms with Crippen molar-refractivity contribution in [3.05, 3.63) is 59.4 Å². The van der Waals surface area contributed by atoms with Gasteiger partial charge in [-0.3, -0.25) is 0 Å². The van der Waals surface area contributed by atoms with Gasteiger partial charge in [-0.1, -0.05) is 18.2 Å². The summed E-state index contributed by atoms with van der Waals surface area (Å²) >= 11 is 0. The summed E-state index contributed by atoms with van der Waals surface area (Å²) < 4.78 is 13.9. The topological polar surface area (TPSA) is 78.3 Å². The third-order valence-electron chi connectivity index (χ3n) is 5.90. The second-order valence-corrected chi connectivity index (χ2v) is 7.78. The van der Waals surface area contributed by atoms with E-state index in [-0.39, 0.29) is 30.3 Å². The minimum Gasteiger partial charge on any atom is -0.396 e. The van der Waals surface area contributed by atoms with Gasteiger partial charge in [0.2, 0.25) is 0 Å². The van der Waals surface area contributed by atoms with Gasteiger partial charge < -0.3 is 15.5 Å². The Labute approximate surface area is 158 Å². The van der Waals surface area contributed by atoms with Crippen LogP contribution in [-0.4, -0.2) is 38.9 Å². The molecule has 1 aromatic heterocycles. The lowest BCUT2D eigenvalue weighted by molar-refractivity contribution is 0.0716. The molecule has 27 heavy (non-hydrogen) atoms. The molecule has 144 valence electrons. The van der Waals surface area contributed by atoms with E-state index in [4.69, 9.17) is 4.98 Å². The molecule has 4 rings (SSSR count). The minimum atomic E-state index is -0.567. The maximum Gasteiger partial charge on any atom is 0.131 e. The van der Waals surface area contributed by atoms with E-state index in [2.05, 4.69) is 10.3 Å². The lowest BCUT2D eigenvalue weighted by Crippen LogP contribution is -2.36. The highest BCUT2D eigenvalue weighted by Crippen LogP contribution is 2.38. The zero-order chi connectivity index (χ0) is 18.8. The van der Waals surface area contributed by atoms with E-state index in [0.717, 1.165) is 24.4 Å². The molecular weight excluding hydrogens is 345 g/mol. The van der Waals surface area contributed by atoms with Crippen LogP contribution in [0, 0.1) is 17.7 Å². The van der Waals surface area contributed by atoms with Crippen molar-refractivity contribution in [2.24, 2.45) is 11.8 Å². The van der Waals surface area contributed by atoms with Crippen LogP contribution in [-0.2, 0) is 13.0 Å². The Morgan fingerprint density at radius 2 is 1.96 bits per heavy atom. The highest BCUT2D eigenvalue weighted by Gasteiger charge is 2.42. The molecular formula is C21H26FN3O2. The van der Waals surface area contributed by atoms with Crippen LogP contribution in [0.2, 0.25) is 0 Å². The van der Waals surface area contributed by atoms with Crippen LogP contribution >= 0.6 is 0 Å². The number of rotatable bonds is 7. The Kier molecular flexibility index (Phi) is 5.48. The number of nitrogens with one attached hydrogen (secondary N) is 1. The Morgan fingerprint density at radius 1 is 1.15 bits per heavy atom. The average Bonchev–Trinajstić information content (AvgIpc) is 3.47. The zero-order valence-electron chi connectivity index (χ0n) is 15.3. The van der Waals surface area contributed by atoms with Crippen LogP contribution in [0.5, 0.6) is 0 Å². The minimum absolute atomic E-state index is 0.00361. The first-order chi connectivity index (χ1) is 13.2.